The maximum Gasteiger partial charge on any atom is 0.237 e. The molecule has 1 atom stereocenters. The van der Waals surface area contributed by atoms with Gasteiger partial charge in [0.25, 0.3) is 0 Å². The summed E-state index contributed by atoms with van der Waals surface area (Å²) in [5.41, 5.74) is 0.779. The largest absolute Gasteiger partial charge is 0.312 e. The van der Waals surface area contributed by atoms with Crippen LogP contribution in [0.25, 0.3) is 0 Å². The highest BCUT2D eigenvalue weighted by Crippen LogP contribution is 2.27. The minimum Gasteiger partial charge on any atom is -0.312 e. The van der Waals surface area contributed by atoms with E-state index in [9.17, 15) is 9.59 Å². The van der Waals surface area contributed by atoms with Crippen molar-refractivity contribution < 1.29 is 9.59 Å². The highest BCUT2D eigenvalue weighted by atomic mass is 35.5. The molecule has 3 nitrogen and oxygen atoms in total. The van der Waals surface area contributed by atoms with Crippen LogP contribution in [0.1, 0.15) is 26.2 Å². The van der Waals surface area contributed by atoms with E-state index >= 15 is 0 Å². The molecule has 1 aliphatic heterocycles. The van der Waals surface area contributed by atoms with Gasteiger partial charge in [0.15, 0.2) is 0 Å². The van der Waals surface area contributed by atoms with E-state index in [1.807, 2.05) is 12.1 Å². The lowest BCUT2D eigenvalue weighted by Gasteiger charge is -2.31. The number of carbonyl (C=O) groups excluding carboxylic acids is 2. The van der Waals surface area contributed by atoms with Crippen LogP contribution in [0.2, 0.25) is 5.02 Å². The number of hydrogen-bond donors (Lipinski definition) is 0. The third-order valence-electron chi connectivity index (χ3n) is 3.30. The molecule has 1 saturated heterocycles. The highest BCUT2D eigenvalue weighted by Gasteiger charge is 2.33. The second-order valence-electron chi connectivity index (χ2n) is 4.48. The average molecular weight is 266 g/mol. The van der Waals surface area contributed by atoms with Crippen molar-refractivity contribution in [3.8, 4) is 0 Å². The SMILES string of the molecule is CCC(=O)[C@H]1CCCN(c2cccc(Cl)c2)C1=O. The van der Waals surface area contributed by atoms with Crippen LogP contribution in [-0.4, -0.2) is 18.2 Å². The molecule has 1 aliphatic rings. The van der Waals surface area contributed by atoms with E-state index in [-0.39, 0.29) is 11.7 Å². The lowest BCUT2D eigenvalue weighted by Crippen LogP contribution is -2.44. The van der Waals surface area contributed by atoms with Crippen LogP contribution in [-0.2, 0) is 9.59 Å². The topological polar surface area (TPSA) is 37.4 Å². The molecule has 0 aromatic heterocycles. The molecule has 0 radical (unpaired) electrons. The normalized spacial score (nSPS) is 20.0. The van der Waals surface area contributed by atoms with Crippen molar-refractivity contribution in [3.63, 3.8) is 0 Å². The Hall–Kier alpha value is -1.35. The first-order chi connectivity index (χ1) is 8.63. The minimum absolute atomic E-state index is 0.0340. The molecule has 0 spiro atoms. The molecule has 0 N–H and O–H groups in total. The molecule has 4 heteroatoms. The summed E-state index contributed by atoms with van der Waals surface area (Å²) in [6, 6.07) is 7.20. The van der Waals surface area contributed by atoms with Crippen LogP contribution in [0.5, 0.6) is 0 Å². The number of amides is 1. The number of piperidine rings is 1. The number of rotatable bonds is 3. The van der Waals surface area contributed by atoms with Gasteiger partial charge >= 0.3 is 0 Å². The Balaban J connectivity index is 2.23. The van der Waals surface area contributed by atoms with E-state index < -0.39 is 5.92 Å². The molecule has 0 aliphatic carbocycles. The Kier molecular flexibility index (Phi) is 4.02. The van der Waals surface area contributed by atoms with Crippen molar-refractivity contribution in [1.29, 1.82) is 0 Å². The number of ketones is 1. The first-order valence-electron chi connectivity index (χ1n) is 6.23. The van der Waals surface area contributed by atoms with Gasteiger partial charge in [0, 0.05) is 23.7 Å². The van der Waals surface area contributed by atoms with Gasteiger partial charge < -0.3 is 4.90 Å². The van der Waals surface area contributed by atoms with Gasteiger partial charge in [-0.1, -0.05) is 24.6 Å². The van der Waals surface area contributed by atoms with E-state index in [0.717, 1.165) is 12.1 Å². The number of hydrogen-bond acceptors (Lipinski definition) is 2. The summed E-state index contributed by atoms with van der Waals surface area (Å²) in [5, 5.41) is 0.601. The number of Topliss-reactive ketones (excluding diaryl/α,β-unsaturated/α-hetero) is 1. The van der Waals surface area contributed by atoms with Crippen LogP contribution < -0.4 is 4.90 Å². The average Bonchev–Trinajstić information content (AvgIpc) is 2.38. The summed E-state index contributed by atoms with van der Waals surface area (Å²) in [4.78, 5) is 25.7. The van der Waals surface area contributed by atoms with Crippen LogP contribution in [0.4, 0.5) is 5.69 Å². The Morgan fingerprint density at radius 2 is 2.28 bits per heavy atom. The van der Waals surface area contributed by atoms with E-state index in [0.29, 0.717) is 24.4 Å². The maximum atomic E-state index is 12.3. The zero-order valence-corrected chi connectivity index (χ0v) is 11.1. The third kappa shape index (κ3) is 2.56. The fourth-order valence-corrected chi connectivity index (χ4v) is 2.51. The number of halogens is 1. The van der Waals surface area contributed by atoms with Crippen molar-refractivity contribution in [1.82, 2.24) is 0 Å². The molecule has 1 amide bonds. The number of benzene rings is 1. The summed E-state index contributed by atoms with van der Waals surface area (Å²) >= 11 is 5.93. The first-order valence-corrected chi connectivity index (χ1v) is 6.61. The molecule has 2 rings (SSSR count). The van der Waals surface area contributed by atoms with E-state index in [1.165, 1.54) is 0 Å². The molecule has 1 aromatic carbocycles. The quantitative estimate of drug-likeness (QED) is 0.788. The second-order valence-corrected chi connectivity index (χ2v) is 4.92. The fourth-order valence-electron chi connectivity index (χ4n) is 2.32. The molecule has 0 bridgehead atoms. The number of nitrogens with zero attached hydrogens (tertiary/aromatic N) is 1. The van der Waals surface area contributed by atoms with Gasteiger partial charge in [0.1, 0.15) is 5.78 Å². The van der Waals surface area contributed by atoms with Crippen molar-refractivity contribution in [2.75, 3.05) is 11.4 Å². The van der Waals surface area contributed by atoms with Crippen molar-refractivity contribution in [2.24, 2.45) is 5.92 Å². The molecule has 96 valence electrons. The monoisotopic (exact) mass is 265 g/mol. The van der Waals surface area contributed by atoms with Crippen molar-refractivity contribution >= 4 is 29.0 Å². The van der Waals surface area contributed by atoms with Crippen LogP contribution in [0.15, 0.2) is 24.3 Å². The Bertz CT molecular complexity index is 473. The molecule has 1 fully saturated rings. The third-order valence-corrected chi connectivity index (χ3v) is 3.53. The van der Waals surface area contributed by atoms with Gasteiger partial charge in [0.2, 0.25) is 5.91 Å². The molecular formula is C14H16ClNO2. The van der Waals surface area contributed by atoms with Gasteiger partial charge in [-0.3, -0.25) is 9.59 Å². The van der Waals surface area contributed by atoms with Crippen molar-refractivity contribution in [2.45, 2.75) is 26.2 Å². The molecule has 18 heavy (non-hydrogen) atoms. The Labute approximate surface area is 112 Å². The minimum atomic E-state index is -0.470. The summed E-state index contributed by atoms with van der Waals surface area (Å²) in [7, 11) is 0. The Morgan fingerprint density at radius 1 is 1.50 bits per heavy atom. The zero-order valence-electron chi connectivity index (χ0n) is 10.4. The lowest BCUT2D eigenvalue weighted by atomic mass is 9.91. The summed E-state index contributed by atoms with van der Waals surface area (Å²) in [5.74, 6) is -0.523. The standard InChI is InChI=1S/C14H16ClNO2/c1-2-13(17)12-7-4-8-16(14(12)18)11-6-3-5-10(15)9-11/h3,5-6,9,12H,2,4,7-8H2,1H3/t12-/m1/s1. The van der Waals surface area contributed by atoms with Gasteiger partial charge in [-0.2, -0.15) is 0 Å². The summed E-state index contributed by atoms with van der Waals surface area (Å²) in [6.07, 6.45) is 1.94. The van der Waals surface area contributed by atoms with Gasteiger partial charge in [-0.05, 0) is 31.0 Å². The van der Waals surface area contributed by atoms with Crippen LogP contribution >= 0.6 is 11.6 Å². The summed E-state index contributed by atoms with van der Waals surface area (Å²) in [6.45, 7) is 2.46. The molecule has 1 aromatic rings. The van der Waals surface area contributed by atoms with Gasteiger partial charge in [0.05, 0.1) is 5.92 Å². The van der Waals surface area contributed by atoms with Crippen molar-refractivity contribution in [3.05, 3.63) is 29.3 Å². The van der Waals surface area contributed by atoms with E-state index in [1.54, 1.807) is 24.0 Å². The predicted octanol–water partition coefficient (Wildman–Crippen LogP) is 3.06. The molecular weight excluding hydrogens is 250 g/mol. The smallest absolute Gasteiger partial charge is 0.237 e. The van der Waals surface area contributed by atoms with Gasteiger partial charge in [-0.25, -0.2) is 0 Å². The molecule has 0 unspecified atom stereocenters. The highest BCUT2D eigenvalue weighted by molar-refractivity contribution is 6.31. The number of anilines is 1. The van der Waals surface area contributed by atoms with E-state index in [4.69, 9.17) is 11.6 Å². The summed E-state index contributed by atoms with van der Waals surface area (Å²) < 4.78 is 0. The Morgan fingerprint density at radius 3 is 2.94 bits per heavy atom. The maximum absolute atomic E-state index is 12.3. The van der Waals surface area contributed by atoms with E-state index in [2.05, 4.69) is 0 Å². The lowest BCUT2D eigenvalue weighted by molar-refractivity contribution is -0.133. The molecule has 0 saturated carbocycles. The fraction of sp³-hybridized carbons (Fsp3) is 0.429. The van der Waals surface area contributed by atoms with Gasteiger partial charge in [-0.15, -0.1) is 0 Å². The predicted molar refractivity (Wildman–Crippen MR) is 71.8 cm³/mol. The van der Waals surface area contributed by atoms with Crippen LogP contribution in [0, 0.1) is 5.92 Å². The number of carbonyl (C=O) groups is 2. The molecule has 1 heterocycles. The zero-order chi connectivity index (χ0) is 13.1. The van der Waals surface area contributed by atoms with Crippen LogP contribution in [0.3, 0.4) is 0 Å². The second kappa shape index (κ2) is 5.53. The first kappa shape index (κ1) is 13.1.